The Labute approximate surface area is 183 Å². The van der Waals surface area contributed by atoms with Crippen molar-refractivity contribution in [1.29, 1.82) is 0 Å². The predicted octanol–water partition coefficient (Wildman–Crippen LogP) is 4.12. The van der Waals surface area contributed by atoms with Crippen LogP contribution < -0.4 is 4.74 Å². The van der Waals surface area contributed by atoms with Crippen LogP contribution in [0.25, 0.3) is 16.7 Å². The molecule has 2 aliphatic rings. The molecule has 1 aromatic carbocycles. The first-order valence-electron chi connectivity index (χ1n) is 11.3. The van der Waals surface area contributed by atoms with E-state index < -0.39 is 0 Å². The van der Waals surface area contributed by atoms with Gasteiger partial charge in [-0.05, 0) is 62.1 Å². The zero-order valence-corrected chi connectivity index (χ0v) is 18.3. The Kier molecular flexibility index (Phi) is 5.40. The van der Waals surface area contributed by atoms with Crippen LogP contribution >= 0.6 is 0 Å². The number of carbonyl (C=O) groups excluding carboxylic acids is 1. The quantitative estimate of drug-likeness (QED) is 0.625. The van der Waals surface area contributed by atoms with E-state index in [9.17, 15) is 4.79 Å². The molecule has 1 saturated heterocycles. The van der Waals surface area contributed by atoms with Gasteiger partial charge >= 0.3 is 0 Å². The molecule has 1 aliphatic heterocycles. The Bertz CT molecular complexity index is 1060. The monoisotopic (exact) mass is 418 g/mol. The van der Waals surface area contributed by atoms with Crippen LogP contribution in [0.2, 0.25) is 0 Å². The van der Waals surface area contributed by atoms with Gasteiger partial charge in [0.1, 0.15) is 17.7 Å². The molecule has 5 rings (SSSR count). The lowest BCUT2D eigenvalue weighted by molar-refractivity contribution is 0.0492. The maximum absolute atomic E-state index is 12.2. The lowest BCUT2D eigenvalue weighted by atomic mass is 9.90. The molecule has 0 spiro atoms. The van der Waals surface area contributed by atoms with Gasteiger partial charge in [0.25, 0.3) is 5.91 Å². The standard InChI is InChI=1S/C25H30N4O2/c1-27(2)25(30)19-6-8-23-18(16-19)10-15-29(23)24-9-7-22(17-26-24)31-21-11-13-28(14-12-21)20-4-3-5-20/h6-10,15-17,20-21H,3-5,11-14H2,1-2H3. The van der Waals surface area contributed by atoms with Gasteiger partial charge in [0, 0.05) is 50.4 Å². The predicted molar refractivity (Wildman–Crippen MR) is 122 cm³/mol. The largest absolute Gasteiger partial charge is 0.489 e. The molecule has 1 aliphatic carbocycles. The first-order valence-corrected chi connectivity index (χ1v) is 11.3. The van der Waals surface area contributed by atoms with Crippen molar-refractivity contribution < 1.29 is 9.53 Å². The lowest BCUT2D eigenvalue weighted by Crippen LogP contribution is -2.46. The van der Waals surface area contributed by atoms with Crippen LogP contribution in [-0.4, -0.2) is 64.6 Å². The summed E-state index contributed by atoms with van der Waals surface area (Å²) < 4.78 is 8.26. The van der Waals surface area contributed by atoms with Gasteiger partial charge in [-0.1, -0.05) is 6.42 Å². The van der Waals surface area contributed by atoms with Crippen molar-refractivity contribution in [3.05, 3.63) is 54.4 Å². The zero-order chi connectivity index (χ0) is 21.4. The fraction of sp³-hybridized carbons (Fsp3) is 0.440. The molecular weight excluding hydrogens is 388 g/mol. The van der Waals surface area contributed by atoms with Crippen molar-refractivity contribution in [2.75, 3.05) is 27.2 Å². The number of hydrogen-bond acceptors (Lipinski definition) is 4. The third-order valence-corrected chi connectivity index (χ3v) is 6.68. The molecular formula is C25H30N4O2. The normalized spacial score (nSPS) is 18.1. The van der Waals surface area contributed by atoms with Crippen LogP contribution in [0.5, 0.6) is 5.75 Å². The van der Waals surface area contributed by atoms with Gasteiger partial charge in [-0.25, -0.2) is 4.98 Å². The number of amides is 1. The summed E-state index contributed by atoms with van der Waals surface area (Å²) in [6.07, 6.45) is 10.4. The smallest absolute Gasteiger partial charge is 0.253 e. The molecule has 1 amide bonds. The minimum Gasteiger partial charge on any atom is -0.489 e. The molecule has 0 radical (unpaired) electrons. The van der Waals surface area contributed by atoms with E-state index in [0.717, 1.165) is 54.4 Å². The van der Waals surface area contributed by atoms with Crippen molar-refractivity contribution >= 4 is 16.8 Å². The van der Waals surface area contributed by atoms with Crippen LogP contribution in [-0.2, 0) is 0 Å². The molecule has 3 aromatic rings. The molecule has 3 heterocycles. The van der Waals surface area contributed by atoms with Crippen LogP contribution in [0.3, 0.4) is 0 Å². The molecule has 0 N–H and O–H groups in total. The Hall–Kier alpha value is -2.86. The third kappa shape index (κ3) is 4.04. The molecule has 31 heavy (non-hydrogen) atoms. The Morgan fingerprint density at radius 2 is 1.87 bits per heavy atom. The molecule has 0 bridgehead atoms. The van der Waals surface area contributed by atoms with Crippen LogP contribution in [0, 0.1) is 0 Å². The second-order valence-corrected chi connectivity index (χ2v) is 8.95. The first-order chi connectivity index (χ1) is 15.1. The van der Waals surface area contributed by atoms with Gasteiger partial charge in [-0.3, -0.25) is 4.79 Å². The van der Waals surface area contributed by atoms with Crippen LogP contribution in [0.4, 0.5) is 0 Å². The van der Waals surface area contributed by atoms with Gasteiger partial charge in [0.2, 0.25) is 0 Å². The number of rotatable bonds is 5. The molecule has 6 nitrogen and oxygen atoms in total. The van der Waals surface area contributed by atoms with Crippen molar-refractivity contribution in [2.24, 2.45) is 0 Å². The molecule has 2 fully saturated rings. The van der Waals surface area contributed by atoms with Gasteiger partial charge < -0.3 is 19.1 Å². The van der Waals surface area contributed by atoms with E-state index in [1.165, 1.54) is 19.3 Å². The van der Waals surface area contributed by atoms with Crippen molar-refractivity contribution in [2.45, 2.75) is 44.2 Å². The molecule has 6 heteroatoms. The fourth-order valence-electron chi connectivity index (χ4n) is 4.62. The number of aromatic nitrogens is 2. The van der Waals surface area contributed by atoms with E-state index in [1.54, 1.807) is 19.0 Å². The Balaban J connectivity index is 1.25. The maximum Gasteiger partial charge on any atom is 0.253 e. The summed E-state index contributed by atoms with van der Waals surface area (Å²) in [6.45, 7) is 2.29. The van der Waals surface area contributed by atoms with E-state index >= 15 is 0 Å². The number of likely N-dealkylation sites (tertiary alicyclic amines) is 1. The second-order valence-electron chi connectivity index (χ2n) is 8.95. The van der Waals surface area contributed by atoms with Crippen LogP contribution in [0.15, 0.2) is 48.8 Å². The van der Waals surface area contributed by atoms with Gasteiger partial charge in [-0.15, -0.1) is 0 Å². The van der Waals surface area contributed by atoms with E-state index in [0.29, 0.717) is 5.56 Å². The highest BCUT2D eigenvalue weighted by Crippen LogP contribution is 2.29. The highest BCUT2D eigenvalue weighted by molar-refractivity contribution is 5.98. The topological polar surface area (TPSA) is 50.6 Å². The minimum absolute atomic E-state index is 0.00722. The Morgan fingerprint density at radius 3 is 2.52 bits per heavy atom. The zero-order valence-electron chi connectivity index (χ0n) is 18.3. The number of fused-ring (bicyclic) bond motifs is 1. The van der Waals surface area contributed by atoms with E-state index in [1.807, 2.05) is 53.4 Å². The van der Waals surface area contributed by atoms with Crippen molar-refractivity contribution in [3.8, 4) is 11.6 Å². The molecule has 2 aromatic heterocycles. The minimum atomic E-state index is 0.00722. The molecule has 0 atom stereocenters. The average Bonchev–Trinajstić information content (AvgIpc) is 3.17. The van der Waals surface area contributed by atoms with Gasteiger partial charge in [-0.2, -0.15) is 0 Å². The summed E-state index contributed by atoms with van der Waals surface area (Å²) in [5.74, 6) is 1.68. The third-order valence-electron chi connectivity index (χ3n) is 6.68. The fourth-order valence-corrected chi connectivity index (χ4v) is 4.62. The summed E-state index contributed by atoms with van der Waals surface area (Å²) in [7, 11) is 3.53. The number of nitrogens with zero attached hydrogens (tertiary/aromatic N) is 4. The van der Waals surface area contributed by atoms with E-state index in [2.05, 4.69) is 9.88 Å². The Morgan fingerprint density at radius 1 is 1.06 bits per heavy atom. The highest BCUT2D eigenvalue weighted by Gasteiger charge is 2.29. The summed E-state index contributed by atoms with van der Waals surface area (Å²) in [5.41, 5.74) is 1.72. The number of benzene rings is 1. The van der Waals surface area contributed by atoms with E-state index in [4.69, 9.17) is 4.74 Å². The first kappa shape index (κ1) is 20.1. The highest BCUT2D eigenvalue weighted by atomic mass is 16.5. The molecule has 1 saturated carbocycles. The summed E-state index contributed by atoms with van der Waals surface area (Å²) in [5, 5.41) is 1.02. The number of carbonyl (C=O) groups is 1. The lowest BCUT2D eigenvalue weighted by Gasteiger charge is -2.41. The summed E-state index contributed by atoms with van der Waals surface area (Å²) >= 11 is 0. The summed E-state index contributed by atoms with van der Waals surface area (Å²) in [4.78, 5) is 21.1. The number of ether oxygens (including phenoxy) is 1. The summed E-state index contributed by atoms with van der Waals surface area (Å²) in [6, 6.07) is 12.6. The van der Waals surface area contributed by atoms with Crippen LogP contribution in [0.1, 0.15) is 42.5 Å². The number of hydrogen-bond donors (Lipinski definition) is 0. The van der Waals surface area contributed by atoms with E-state index in [-0.39, 0.29) is 12.0 Å². The van der Waals surface area contributed by atoms with Crippen molar-refractivity contribution in [3.63, 3.8) is 0 Å². The average molecular weight is 419 g/mol. The maximum atomic E-state index is 12.2. The number of piperidine rings is 1. The number of pyridine rings is 1. The SMILES string of the molecule is CN(C)C(=O)c1ccc2c(ccn2-c2ccc(OC3CCN(C4CCC4)CC3)cn2)c1. The van der Waals surface area contributed by atoms with Crippen molar-refractivity contribution in [1.82, 2.24) is 19.4 Å². The molecule has 162 valence electrons. The van der Waals surface area contributed by atoms with Gasteiger partial charge in [0.05, 0.1) is 11.7 Å². The molecule has 0 unspecified atom stereocenters. The second kappa shape index (κ2) is 8.35. The van der Waals surface area contributed by atoms with Gasteiger partial charge in [0.15, 0.2) is 0 Å².